The van der Waals surface area contributed by atoms with Crippen molar-refractivity contribution in [3.63, 3.8) is 0 Å². The highest BCUT2D eigenvalue weighted by Gasteiger charge is 2.38. The Kier molecular flexibility index (Phi) is 4.51. The summed E-state index contributed by atoms with van der Waals surface area (Å²) in [5.41, 5.74) is 0.228. The van der Waals surface area contributed by atoms with E-state index in [0.29, 0.717) is 25.4 Å². The summed E-state index contributed by atoms with van der Waals surface area (Å²) < 4.78 is 33.0. The Morgan fingerprint density at radius 1 is 1.30 bits per heavy atom. The number of aromatic nitrogens is 2. The second-order valence-corrected chi connectivity index (χ2v) is 6.84. The molecule has 2 unspecified atom stereocenters. The topological polar surface area (TPSA) is 76.5 Å². The largest absolute Gasteiger partial charge is 0.447 e. The van der Waals surface area contributed by atoms with Crippen LogP contribution in [0.15, 0.2) is 30.5 Å². The molecular weight excluding hydrogens is 358 g/mol. The van der Waals surface area contributed by atoms with Crippen LogP contribution in [0.2, 0.25) is 0 Å². The molecule has 2 aromatic rings. The minimum absolute atomic E-state index is 0.0473. The van der Waals surface area contributed by atoms with Crippen molar-refractivity contribution in [3.05, 3.63) is 42.1 Å². The number of carbonyl (C=O) groups is 2. The van der Waals surface area contributed by atoms with Gasteiger partial charge in [0, 0.05) is 31.3 Å². The Balaban J connectivity index is 1.35. The van der Waals surface area contributed by atoms with Crippen LogP contribution in [0.4, 0.5) is 19.4 Å². The van der Waals surface area contributed by atoms with Crippen LogP contribution in [0, 0.1) is 17.6 Å². The standard InChI is InChI=1S/C18H18F2N4O3/c19-12-7-13(20)9-14(8-12)24-4-2-16(22-24)21-17(25)6-11-1-3-23-15(5-11)10-27-18(23)26/h2,4,7-9,11,15H,1,3,5-6,10H2,(H,21,22,25). The Labute approximate surface area is 153 Å². The number of nitrogens with one attached hydrogen (secondary N) is 1. The molecule has 1 N–H and O–H groups in total. The van der Waals surface area contributed by atoms with Crippen LogP contribution in [-0.4, -0.2) is 45.9 Å². The number of fused-ring (bicyclic) bond motifs is 1. The molecule has 0 bridgehead atoms. The number of ether oxygens (including phenoxy) is 1. The molecule has 27 heavy (non-hydrogen) atoms. The molecule has 0 radical (unpaired) electrons. The van der Waals surface area contributed by atoms with Crippen molar-refractivity contribution in [2.24, 2.45) is 5.92 Å². The second kappa shape index (κ2) is 6.98. The monoisotopic (exact) mass is 376 g/mol. The Morgan fingerprint density at radius 2 is 2.07 bits per heavy atom. The van der Waals surface area contributed by atoms with Crippen molar-refractivity contribution in [2.75, 3.05) is 18.5 Å². The summed E-state index contributed by atoms with van der Waals surface area (Å²) in [4.78, 5) is 25.5. The summed E-state index contributed by atoms with van der Waals surface area (Å²) in [6.07, 6.45) is 3.04. The van der Waals surface area contributed by atoms with Crippen LogP contribution in [-0.2, 0) is 9.53 Å². The number of anilines is 1. The van der Waals surface area contributed by atoms with Crippen LogP contribution < -0.4 is 5.32 Å². The van der Waals surface area contributed by atoms with Gasteiger partial charge >= 0.3 is 6.09 Å². The second-order valence-electron chi connectivity index (χ2n) is 6.84. The number of hydrogen-bond acceptors (Lipinski definition) is 4. The zero-order valence-electron chi connectivity index (χ0n) is 14.4. The van der Waals surface area contributed by atoms with Gasteiger partial charge in [0.2, 0.25) is 5.91 Å². The molecule has 2 saturated heterocycles. The van der Waals surface area contributed by atoms with Crippen molar-refractivity contribution in [1.82, 2.24) is 14.7 Å². The smallest absolute Gasteiger partial charge is 0.410 e. The Hall–Kier alpha value is -2.97. The third kappa shape index (κ3) is 3.76. The lowest BCUT2D eigenvalue weighted by atomic mass is 9.89. The lowest BCUT2D eigenvalue weighted by Gasteiger charge is -2.31. The van der Waals surface area contributed by atoms with Gasteiger partial charge in [-0.2, -0.15) is 5.10 Å². The van der Waals surface area contributed by atoms with E-state index in [1.54, 1.807) is 11.0 Å². The number of amides is 2. The number of cyclic esters (lactones) is 1. The van der Waals surface area contributed by atoms with E-state index < -0.39 is 11.6 Å². The number of piperidine rings is 1. The van der Waals surface area contributed by atoms with Gasteiger partial charge in [0.05, 0.1) is 11.7 Å². The van der Waals surface area contributed by atoms with Gasteiger partial charge in [-0.15, -0.1) is 0 Å². The molecule has 1 aromatic carbocycles. The average molecular weight is 376 g/mol. The molecule has 1 aromatic heterocycles. The van der Waals surface area contributed by atoms with Gasteiger partial charge in [-0.05, 0) is 30.9 Å². The quantitative estimate of drug-likeness (QED) is 0.890. The van der Waals surface area contributed by atoms with Crippen LogP contribution in [0.5, 0.6) is 0 Å². The van der Waals surface area contributed by atoms with Gasteiger partial charge in [-0.25, -0.2) is 18.3 Å². The number of rotatable bonds is 4. The summed E-state index contributed by atoms with van der Waals surface area (Å²) in [6.45, 7) is 0.979. The van der Waals surface area contributed by atoms with Crippen LogP contribution in [0.3, 0.4) is 0 Å². The van der Waals surface area contributed by atoms with Gasteiger partial charge in [0.1, 0.15) is 18.2 Å². The van der Waals surface area contributed by atoms with Gasteiger partial charge in [0.25, 0.3) is 0 Å². The van der Waals surface area contributed by atoms with Crippen LogP contribution >= 0.6 is 0 Å². The summed E-state index contributed by atoms with van der Waals surface area (Å²) in [5, 5.41) is 6.84. The number of benzene rings is 1. The summed E-state index contributed by atoms with van der Waals surface area (Å²) in [6, 6.07) is 4.70. The maximum absolute atomic E-state index is 13.3. The van der Waals surface area contributed by atoms with Crippen molar-refractivity contribution in [3.8, 4) is 5.69 Å². The molecule has 0 aliphatic carbocycles. The van der Waals surface area contributed by atoms with Crippen LogP contribution in [0.25, 0.3) is 5.69 Å². The molecular formula is C18H18F2N4O3. The first-order valence-corrected chi connectivity index (χ1v) is 8.73. The lowest BCUT2D eigenvalue weighted by Crippen LogP contribution is -2.41. The van der Waals surface area contributed by atoms with Gasteiger partial charge in [0.15, 0.2) is 5.82 Å². The number of nitrogens with zero attached hydrogens (tertiary/aromatic N) is 3. The number of carbonyl (C=O) groups excluding carboxylic acids is 2. The molecule has 4 rings (SSSR count). The summed E-state index contributed by atoms with van der Waals surface area (Å²) in [5.74, 6) is -1.12. The van der Waals surface area contributed by atoms with E-state index in [4.69, 9.17) is 4.74 Å². The third-order valence-corrected chi connectivity index (χ3v) is 4.90. The molecule has 2 fully saturated rings. The van der Waals surface area contributed by atoms with E-state index in [1.165, 1.54) is 10.9 Å². The van der Waals surface area contributed by atoms with E-state index in [0.717, 1.165) is 31.0 Å². The average Bonchev–Trinajstić information content (AvgIpc) is 3.21. The zero-order chi connectivity index (χ0) is 19.0. The van der Waals surface area contributed by atoms with E-state index in [2.05, 4.69) is 10.4 Å². The zero-order valence-corrected chi connectivity index (χ0v) is 14.4. The van der Waals surface area contributed by atoms with Crippen LogP contribution in [0.1, 0.15) is 19.3 Å². The van der Waals surface area contributed by atoms with Crippen molar-refractivity contribution in [1.29, 1.82) is 0 Å². The minimum atomic E-state index is -0.702. The number of hydrogen-bond donors (Lipinski definition) is 1. The molecule has 0 spiro atoms. The van der Waals surface area contributed by atoms with Gasteiger partial charge < -0.3 is 15.0 Å². The molecule has 2 amide bonds. The minimum Gasteiger partial charge on any atom is -0.447 e. The number of halogens is 2. The first kappa shape index (κ1) is 17.4. The maximum atomic E-state index is 13.3. The van der Waals surface area contributed by atoms with Gasteiger partial charge in [-0.1, -0.05) is 0 Å². The predicted molar refractivity (Wildman–Crippen MR) is 91.3 cm³/mol. The van der Waals surface area contributed by atoms with Crippen molar-refractivity contribution in [2.45, 2.75) is 25.3 Å². The summed E-state index contributed by atoms with van der Waals surface area (Å²) >= 11 is 0. The van der Waals surface area contributed by atoms with E-state index in [-0.39, 0.29) is 29.6 Å². The highest BCUT2D eigenvalue weighted by molar-refractivity contribution is 5.89. The fourth-order valence-corrected chi connectivity index (χ4v) is 3.63. The summed E-state index contributed by atoms with van der Waals surface area (Å²) in [7, 11) is 0. The van der Waals surface area contributed by atoms with E-state index in [9.17, 15) is 18.4 Å². The van der Waals surface area contributed by atoms with Crippen molar-refractivity contribution < 1.29 is 23.1 Å². The molecule has 9 heteroatoms. The van der Waals surface area contributed by atoms with E-state index >= 15 is 0 Å². The first-order valence-electron chi connectivity index (χ1n) is 8.73. The molecule has 2 atom stereocenters. The van der Waals surface area contributed by atoms with Crippen molar-refractivity contribution >= 4 is 17.8 Å². The molecule has 2 aliphatic heterocycles. The highest BCUT2D eigenvalue weighted by atomic mass is 19.1. The SMILES string of the molecule is O=C(CC1CCN2C(=O)OCC2C1)Nc1ccn(-c2cc(F)cc(F)c2)n1. The Morgan fingerprint density at radius 3 is 2.85 bits per heavy atom. The van der Waals surface area contributed by atoms with Gasteiger partial charge in [-0.3, -0.25) is 4.79 Å². The predicted octanol–water partition coefficient (Wildman–Crippen LogP) is 2.71. The highest BCUT2D eigenvalue weighted by Crippen LogP contribution is 2.29. The molecule has 0 saturated carbocycles. The molecule has 2 aliphatic rings. The molecule has 7 nitrogen and oxygen atoms in total. The molecule has 142 valence electrons. The Bertz CT molecular complexity index is 865. The first-order chi connectivity index (χ1) is 13.0. The fraction of sp³-hybridized carbons (Fsp3) is 0.389. The lowest BCUT2D eigenvalue weighted by molar-refractivity contribution is -0.117. The maximum Gasteiger partial charge on any atom is 0.410 e. The third-order valence-electron chi connectivity index (χ3n) is 4.90. The fourth-order valence-electron chi connectivity index (χ4n) is 3.63. The van der Waals surface area contributed by atoms with E-state index in [1.807, 2.05) is 0 Å². The molecule has 3 heterocycles. The normalized spacial score (nSPS) is 21.7.